The fourth-order valence-electron chi connectivity index (χ4n) is 6.45. The molecule has 12 nitrogen and oxygen atoms in total. The second kappa shape index (κ2) is 9.53. The van der Waals surface area contributed by atoms with Crippen LogP contribution in [0.1, 0.15) is 50.7 Å². The number of likely N-dealkylation sites (tertiary alicyclic amines) is 1. The summed E-state index contributed by atoms with van der Waals surface area (Å²) in [5.74, 6) is -3.51. The highest BCUT2D eigenvalue weighted by Gasteiger charge is 2.72. The predicted molar refractivity (Wildman–Crippen MR) is 131 cm³/mol. The average molecular weight is 546 g/mol. The average Bonchev–Trinajstić information content (AvgIpc) is 3.24. The molecule has 0 aromatic heterocycles. The summed E-state index contributed by atoms with van der Waals surface area (Å²) in [6.45, 7) is 3.08. The molecule has 4 aliphatic rings. The Morgan fingerprint density at radius 3 is 2.56 bits per heavy atom. The monoisotopic (exact) mass is 545 g/mol. The van der Waals surface area contributed by atoms with E-state index >= 15 is 0 Å². The van der Waals surface area contributed by atoms with Gasteiger partial charge < -0.3 is 39.2 Å². The number of hydrogen-bond acceptors (Lipinski definition) is 11. The smallest absolute Gasteiger partial charge is 0.347 e. The summed E-state index contributed by atoms with van der Waals surface area (Å²) in [5, 5.41) is 31.5. The first-order valence-electron chi connectivity index (χ1n) is 12.9. The lowest BCUT2D eigenvalue weighted by molar-refractivity contribution is -0.175. The Morgan fingerprint density at radius 1 is 1.13 bits per heavy atom. The number of nitrogens with zero attached hydrogens (tertiary/aromatic N) is 1. The van der Waals surface area contributed by atoms with Crippen LogP contribution in [0.15, 0.2) is 24.0 Å². The van der Waals surface area contributed by atoms with Crippen molar-refractivity contribution in [3.63, 3.8) is 0 Å². The Balaban J connectivity index is 1.27. The normalized spacial score (nSPS) is 29.7. The number of esters is 3. The summed E-state index contributed by atoms with van der Waals surface area (Å²) in [4.78, 5) is 49.8. The molecule has 1 spiro atoms. The molecule has 5 rings (SSSR count). The van der Waals surface area contributed by atoms with Crippen LogP contribution in [0.25, 0.3) is 0 Å². The predicted octanol–water partition coefficient (Wildman–Crippen LogP) is 0.941. The van der Waals surface area contributed by atoms with Crippen molar-refractivity contribution in [3.8, 4) is 11.5 Å². The van der Waals surface area contributed by atoms with Gasteiger partial charge in [-0.15, -0.1) is 0 Å². The van der Waals surface area contributed by atoms with Gasteiger partial charge in [-0.25, -0.2) is 9.59 Å². The van der Waals surface area contributed by atoms with Crippen molar-refractivity contribution in [1.29, 1.82) is 0 Å². The Hall–Kier alpha value is -3.64. The van der Waals surface area contributed by atoms with Gasteiger partial charge in [-0.2, -0.15) is 0 Å². The topological polar surface area (TPSA) is 169 Å². The molecule has 1 saturated heterocycles. The van der Waals surface area contributed by atoms with Crippen LogP contribution in [-0.4, -0.2) is 87.6 Å². The lowest BCUT2D eigenvalue weighted by Gasteiger charge is -2.61. The molecular formula is C27H31NO11. The van der Waals surface area contributed by atoms with Gasteiger partial charge in [0.25, 0.3) is 0 Å². The van der Waals surface area contributed by atoms with Gasteiger partial charge in [-0.1, -0.05) is 6.07 Å². The van der Waals surface area contributed by atoms with Gasteiger partial charge in [0.2, 0.25) is 0 Å². The van der Waals surface area contributed by atoms with Crippen molar-refractivity contribution in [2.24, 2.45) is 0 Å². The molecule has 0 amide bonds. The van der Waals surface area contributed by atoms with Crippen LogP contribution in [0.5, 0.6) is 11.5 Å². The summed E-state index contributed by atoms with van der Waals surface area (Å²) in [5.41, 5.74) is -0.355. The van der Waals surface area contributed by atoms with Crippen molar-refractivity contribution >= 4 is 23.9 Å². The minimum atomic E-state index is -1.40. The van der Waals surface area contributed by atoms with Crippen molar-refractivity contribution in [2.75, 3.05) is 13.6 Å². The van der Waals surface area contributed by atoms with Crippen molar-refractivity contribution < 1.29 is 53.4 Å². The van der Waals surface area contributed by atoms with E-state index < -0.39 is 59.6 Å². The number of aliphatic hydroxyl groups is 1. The van der Waals surface area contributed by atoms with Crippen LogP contribution in [0.4, 0.5) is 0 Å². The summed E-state index contributed by atoms with van der Waals surface area (Å²) >= 11 is 0. The van der Waals surface area contributed by atoms with Crippen LogP contribution < -0.4 is 4.74 Å². The summed E-state index contributed by atoms with van der Waals surface area (Å²) < 4.78 is 21.5. The van der Waals surface area contributed by atoms with Gasteiger partial charge in [0.15, 0.2) is 29.8 Å². The van der Waals surface area contributed by atoms with Crippen molar-refractivity contribution in [1.82, 2.24) is 4.90 Å². The van der Waals surface area contributed by atoms with E-state index in [0.717, 1.165) is 11.1 Å². The van der Waals surface area contributed by atoms with E-state index in [0.29, 0.717) is 25.1 Å². The molecule has 2 aliphatic heterocycles. The number of ether oxygens (including phenoxy) is 4. The minimum absolute atomic E-state index is 0.0453. The Bertz CT molecular complexity index is 1270. The lowest BCUT2D eigenvalue weighted by atomic mass is 9.50. The molecule has 2 unspecified atom stereocenters. The molecular weight excluding hydrogens is 514 g/mol. The Kier molecular flexibility index (Phi) is 6.58. The lowest BCUT2D eigenvalue weighted by Crippen LogP contribution is -2.74. The van der Waals surface area contributed by atoms with E-state index in [-0.39, 0.29) is 30.4 Å². The molecule has 1 fully saturated rings. The highest BCUT2D eigenvalue weighted by atomic mass is 16.6. The van der Waals surface area contributed by atoms with Crippen LogP contribution >= 0.6 is 0 Å². The Labute approximate surface area is 224 Å². The van der Waals surface area contributed by atoms with Gasteiger partial charge >= 0.3 is 23.9 Å². The van der Waals surface area contributed by atoms with E-state index in [9.17, 15) is 29.4 Å². The molecule has 3 N–H and O–H groups in total. The van der Waals surface area contributed by atoms with Crippen LogP contribution in [-0.2, 0) is 45.2 Å². The molecule has 6 atom stereocenters. The van der Waals surface area contributed by atoms with Crippen LogP contribution in [0.2, 0.25) is 0 Å². The molecule has 0 radical (unpaired) electrons. The maximum Gasteiger partial charge on any atom is 0.347 e. The number of phenols is 1. The van der Waals surface area contributed by atoms with E-state index in [1.54, 1.807) is 12.1 Å². The van der Waals surface area contributed by atoms with E-state index in [1.807, 2.05) is 13.1 Å². The highest BCUT2D eigenvalue weighted by molar-refractivity contribution is 5.83. The second-order valence-corrected chi connectivity index (χ2v) is 10.6. The first-order valence-corrected chi connectivity index (χ1v) is 12.9. The summed E-state index contributed by atoms with van der Waals surface area (Å²) in [6.07, 6.45) is -1.36. The van der Waals surface area contributed by atoms with Crippen LogP contribution in [0, 0.1) is 0 Å². The molecule has 0 saturated carbocycles. The number of aromatic hydroxyl groups is 1. The van der Waals surface area contributed by atoms with Crippen molar-refractivity contribution in [2.45, 2.75) is 81.3 Å². The number of carbonyl (C=O) groups excluding carboxylic acids is 3. The zero-order valence-corrected chi connectivity index (χ0v) is 21.8. The fraction of sp³-hybridized carbons (Fsp3) is 0.556. The number of carboxylic acids is 1. The number of benzene rings is 1. The SMILES string of the molecule is CC(OC(=O)C(C)OC(=O)CCC(=O)OC1=CC[C@@]2(O)[C@H]3Cc4ccc(O)c5c4[C@@]2(CCN3C)[C@H]1O5)C(=O)O. The number of carboxylic acid groups (broad SMARTS) is 1. The fourth-order valence-corrected chi connectivity index (χ4v) is 6.45. The Morgan fingerprint density at radius 2 is 1.85 bits per heavy atom. The third-order valence-electron chi connectivity index (χ3n) is 8.40. The third-order valence-corrected chi connectivity index (χ3v) is 8.40. The molecule has 2 aliphatic carbocycles. The third kappa shape index (κ3) is 4.13. The first kappa shape index (κ1) is 26.9. The zero-order chi connectivity index (χ0) is 28.3. The maximum absolute atomic E-state index is 12.7. The van der Waals surface area contributed by atoms with Gasteiger partial charge in [-0.3, -0.25) is 9.59 Å². The quantitative estimate of drug-likeness (QED) is 0.313. The molecule has 39 heavy (non-hydrogen) atoms. The summed E-state index contributed by atoms with van der Waals surface area (Å²) in [6, 6.07) is 3.24. The number of rotatable bonds is 8. The zero-order valence-electron chi connectivity index (χ0n) is 21.8. The second-order valence-electron chi connectivity index (χ2n) is 10.6. The number of piperidine rings is 1. The van der Waals surface area contributed by atoms with Gasteiger partial charge in [0.05, 0.1) is 23.9 Å². The van der Waals surface area contributed by atoms with E-state index in [2.05, 4.69) is 9.64 Å². The number of carbonyl (C=O) groups is 4. The number of hydrogen-bond donors (Lipinski definition) is 3. The highest BCUT2D eigenvalue weighted by Crippen LogP contribution is 2.65. The molecule has 12 heteroatoms. The minimum Gasteiger partial charge on any atom is -0.504 e. The first-order chi connectivity index (χ1) is 18.4. The maximum atomic E-state index is 12.7. The summed E-state index contributed by atoms with van der Waals surface area (Å²) in [7, 11) is 1.97. The molecule has 2 heterocycles. The van der Waals surface area contributed by atoms with Gasteiger partial charge in [0.1, 0.15) is 5.76 Å². The number of likely N-dealkylation sites (N-methyl/N-ethyl adjacent to an activating group) is 1. The molecule has 1 aromatic carbocycles. The molecule has 2 bridgehead atoms. The standard InChI is InChI=1S/C27H31NO11/c1-13(24(32)33)37-25(34)14(2)36-19(30)6-7-20(31)38-17-8-9-27(35)18-12-15-4-5-16(29)22-21(15)26(27,23(17)39-22)10-11-28(18)3/h4-5,8,13-14,18,23,29,35H,6-7,9-12H2,1-3H3,(H,32,33)/t13?,14?,18-,23+,26+,27-/m1/s1. The van der Waals surface area contributed by atoms with E-state index in [4.69, 9.17) is 19.3 Å². The van der Waals surface area contributed by atoms with Crippen molar-refractivity contribution in [3.05, 3.63) is 35.1 Å². The van der Waals surface area contributed by atoms with Gasteiger partial charge in [0, 0.05) is 18.0 Å². The van der Waals surface area contributed by atoms with Gasteiger partial charge in [-0.05, 0) is 58.0 Å². The molecule has 1 aromatic rings. The number of aliphatic carboxylic acids is 1. The van der Waals surface area contributed by atoms with E-state index in [1.165, 1.54) is 13.8 Å². The van der Waals surface area contributed by atoms with Crippen LogP contribution in [0.3, 0.4) is 0 Å². The largest absolute Gasteiger partial charge is 0.504 e. The molecule has 210 valence electrons. The number of phenolic OH excluding ortho intramolecular Hbond substituents is 1.